The highest BCUT2D eigenvalue weighted by atomic mass is 32.1. The molecule has 1 aliphatic carbocycles. The van der Waals surface area contributed by atoms with Gasteiger partial charge in [0.15, 0.2) is 0 Å². The second-order valence-corrected chi connectivity index (χ2v) is 5.51. The molecule has 0 aliphatic heterocycles. The van der Waals surface area contributed by atoms with Crippen molar-refractivity contribution in [3.05, 3.63) is 27.8 Å². The summed E-state index contributed by atoms with van der Waals surface area (Å²) in [5.74, 6) is 0.623. The SMILES string of the molecule is Cc1cc(OCc2csc(CNC3CC3)n2)n[nH]1. The number of H-pyrrole nitrogens is 1. The van der Waals surface area contributed by atoms with E-state index < -0.39 is 0 Å². The number of nitrogens with zero attached hydrogens (tertiary/aromatic N) is 2. The predicted octanol–water partition coefficient (Wildman–Crippen LogP) is 2.01. The summed E-state index contributed by atoms with van der Waals surface area (Å²) >= 11 is 1.68. The van der Waals surface area contributed by atoms with Gasteiger partial charge in [-0.3, -0.25) is 5.10 Å². The molecule has 1 fully saturated rings. The van der Waals surface area contributed by atoms with E-state index in [-0.39, 0.29) is 0 Å². The molecule has 2 aromatic rings. The van der Waals surface area contributed by atoms with Crippen molar-refractivity contribution in [1.29, 1.82) is 0 Å². The Hall–Kier alpha value is -1.40. The van der Waals surface area contributed by atoms with Crippen LogP contribution in [-0.4, -0.2) is 21.2 Å². The molecule has 0 aromatic carbocycles. The number of thiazole rings is 1. The first-order valence-corrected chi connectivity index (χ1v) is 6.99. The lowest BCUT2D eigenvalue weighted by molar-refractivity contribution is 0.289. The molecule has 0 bridgehead atoms. The predicted molar refractivity (Wildman–Crippen MR) is 69.6 cm³/mol. The molecule has 0 radical (unpaired) electrons. The maximum Gasteiger partial charge on any atom is 0.233 e. The van der Waals surface area contributed by atoms with Crippen LogP contribution in [0.3, 0.4) is 0 Å². The number of hydrogen-bond donors (Lipinski definition) is 2. The van der Waals surface area contributed by atoms with E-state index in [2.05, 4.69) is 20.5 Å². The van der Waals surface area contributed by atoms with Gasteiger partial charge >= 0.3 is 0 Å². The summed E-state index contributed by atoms with van der Waals surface area (Å²) in [6.07, 6.45) is 2.61. The quantitative estimate of drug-likeness (QED) is 0.837. The maximum atomic E-state index is 5.55. The zero-order chi connectivity index (χ0) is 12.4. The Morgan fingerprint density at radius 1 is 1.56 bits per heavy atom. The third kappa shape index (κ3) is 3.08. The van der Waals surface area contributed by atoms with Crippen molar-refractivity contribution in [2.45, 2.75) is 39.0 Å². The lowest BCUT2D eigenvalue weighted by Crippen LogP contribution is -2.15. The standard InChI is InChI=1S/C12H16N4OS/c1-8-4-11(16-15-8)17-6-10-7-18-12(14-10)5-13-9-2-3-9/h4,7,9,13H,2-3,5-6H2,1H3,(H,15,16). The summed E-state index contributed by atoms with van der Waals surface area (Å²) in [7, 11) is 0. The maximum absolute atomic E-state index is 5.55. The molecule has 2 heterocycles. The minimum atomic E-state index is 0.476. The molecule has 0 saturated heterocycles. The minimum Gasteiger partial charge on any atom is -0.470 e. The van der Waals surface area contributed by atoms with Crippen molar-refractivity contribution in [2.24, 2.45) is 0 Å². The van der Waals surface area contributed by atoms with Gasteiger partial charge < -0.3 is 10.1 Å². The van der Waals surface area contributed by atoms with Crippen LogP contribution in [0.2, 0.25) is 0 Å². The van der Waals surface area contributed by atoms with Gasteiger partial charge in [0.05, 0.1) is 5.69 Å². The third-order valence-electron chi connectivity index (χ3n) is 2.77. The monoisotopic (exact) mass is 264 g/mol. The largest absolute Gasteiger partial charge is 0.470 e. The molecule has 2 aromatic heterocycles. The number of aromatic nitrogens is 3. The fourth-order valence-electron chi connectivity index (χ4n) is 1.63. The molecule has 6 heteroatoms. The summed E-state index contributed by atoms with van der Waals surface area (Å²) in [6, 6.07) is 2.60. The topological polar surface area (TPSA) is 62.8 Å². The number of aryl methyl sites for hydroxylation is 1. The average molecular weight is 264 g/mol. The molecule has 0 atom stereocenters. The molecule has 96 valence electrons. The van der Waals surface area contributed by atoms with Crippen LogP contribution in [0.1, 0.15) is 29.2 Å². The first-order chi connectivity index (χ1) is 8.79. The first-order valence-electron chi connectivity index (χ1n) is 6.11. The summed E-state index contributed by atoms with van der Waals surface area (Å²) in [5.41, 5.74) is 1.96. The normalized spacial score (nSPS) is 14.9. The summed E-state index contributed by atoms with van der Waals surface area (Å²) < 4.78 is 5.55. The van der Waals surface area contributed by atoms with Gasteiger partial charge in [-0.15, -0.1) is 16.4 Å². The fourth-order valence-corrected chi connectivity index (χ4v) is 2.36. The van der Waals surface area contributed by atoms with Crippen LogP contribution in [0.5, 0.6) is 5.88 Å². The molecule has 5 nitrogen and oxygen atoms in total. The first kappa shape index (κ1) is 11.7. The van der Waals surface area contributed by atoms with Crippen LogP contribution in [0.4, 0.5) is 0 Å². The van der Waals surface area contributed by atoms with Crippen LogP contribution in [0.25, 0.3) is 0 Å². The Morgan fingerprint density at radius 3 is 3.17 bits per heavy atom. The highest BCUT2D eigenvalue weighted by Crippen LogP contribution is 2.20. The summed E-state index contributed by atoms with van der Waals surface area (Å²) in [6.45, 7) is 3.30. The van der Waals surface area contributed by atoms with Crippen molar-refractivity contribution in [3.8, 4) is 5.88 Å². The van der Waals surface area contributed by atoms with Crippen LogP contribution in [0.15, 0.2) is 11.4 Å². The van der Waals surface area contributed by atoms with E-state index in [1.54, 1.807) is 11.3 Å². The van der Waals surface area contributed by atoms with Crippen LogP contribution in [0, 0.1) is 6.92 Å². The van der Waals surface area contributed by atoms with Gasteiger partial charge in [-0.1, -0.05) is 0 Å². The van der Waals surface area contributed by atoms with Gasteiger partial charge in [-0.05, 0) is 19.8 Å². The molecule has 0 unspecified atom stereocenters. The van der Waals surface area contributed by atoms with E-state index in [9.17, 15) is 0 Å². The number of rotatable bonds is 6. The van der Waals surface area contributed by atoms with Crippen molar-refractivity contribution < 1.29 is 4.74 Å². The van der Waals surface area contributed by atoms with Crippen LogP contribution < -0.4 is 10.1 Å². The van der Waals surface area contributed by atoms with E-state index in [0.717, 1.165) is 29.0 Å². The second-order valence-electron chi connectivity index (χ2n) is 4.57. The van der Waals surface area contributed by atoms with Crippen molar-refractivity contribution in [1.82, 2.24) is 20.5 Å². The molecule has 18 heavy (non-hydrogen) atoms. The van der Waals surface area contributed by atoms with E-state index in [4.69, 9.17) is 4.74 Å². The third-order valence-corrected chi connectivity index (χ3v) is 3.67. The summed E-state index contributed by atoms with van der Waals surface area (Å²) in [4.78, 5) is 4.52. The smallest absolute Gasteiger partial charge is 0.233 e. The van der Waals surface area contributed by atoms with Crippen LogP contribution >= 0.6 is 11.3 Å². The summed E-state index contributed by atoms with van der Waals surface area (Å²) in [5, 5.41) is 13.5. The molecular formula is C12H16N4OS. The fraction of sp³-hybridized carbons (Fsp3) is 0.500. The van der Waals surface area contributed by atoms with Crippen LogP contribution in [-0.2, 0) is 13.2 Å². The Bertz CT molecular complexity index is 518. The van der Waals surface area contributed by atoms with Gasteiger partial charge in [-0.25, -0.2) is 4.98 Å². The molecule has 0 amide bonds. The Balaban J connectivity index is 1.49. The number of ether oxygens (including phenoxy) is 1. The zero-order valence-corrected chi connectivity index (χ0v) is 11.1. The van der Waals surface area contributed by atoms with E-state index >= 15 is 0 Å². The van der Waals surface area contributed by atoms with Gasteiger partial charge in [0, 0.05) is 29.7 Å². The number of nitrogens with one attached hydrogen (secondary N) is 2. The lowest BCUT2D eigenvalue weighted by atomic mass is 10.5. The van der Waals surface area contributed by atoms with Crippen molar-refractivity contribution in [3.63, 3.8) is 0 Å². The zero-order valence-electron chi connectivity index (χ0n) is 10.3. The van der Waals surface area contributed by atoms with E-state index in [1.807, 2.05) is 18.4 Å². The van der Waals surface area contributed by atoms with Crippen molar-refractivity contribution >= 4 is 11.3 Å². The number of hydrogen-bond acceptors (Lipinski definition) is 5. The van der Waals surface area contributed by atoms with Crippen molar-refractivity contribution in [2.75, 3.05) is 0 Å². The lowest BCUT2D eigenvalue weighted by Gasteiger charge is -1.99. The molecule has 2 N–H and O–H groups in total. The Kier molecular flexibility index (Phi) is 3.29. The Morgan fingerprint density at radius 2 is 2.44 bits per heavy atom. The van der Waals surface area contributed by atoms with Gasteiger partial charge in [0.1, 0.15) is 11.6 Å². The highest BCUT2D eigenvalue weighted by Gasteiger charge is 2.20. The molecule has 1 saturated carbocycles. The average Bonchev–Trinajstić information content (AvgIpc) is 2.93. The molecule has 3 rings (SSSR count). The molecule has 1 aliphatic rings. The highest BCUT2D eigenvalue weighted by molar-refractivity contribution is 7.09. The molecule has 0 spiro atoms. The number of aromatic amines is 1. The van der Waals surface area contributed by atoms with Gasteiger partial charge in [0.25, 0.3) is 0 Å². The van der Waals surface area contributed by atoms with E-state index in [1.165, 1.54) is 12.8 Å². The second kappa shape index (κ2) is 5.07. The van der Waals surface area contributed by atoms with Gasteiger partial charge in [-0.2, -0.15) is 0 Å². The Labute approximate surface area is 110 Å². The van der Waals surface area contributed by atoms with Gasteiger partial charge in [0.2, 0.25) is 5.88 Å². The minimum absolute atomic E-state index is 0.476. The van der Waals surface area contributed by atoms with E-state index in [0.29, 0.717) is 12.5 Å². The molecular weight excluding hydrogens is 248 g/mol.